The Morgan fingerprint density at radius 1 is 1.00 bits per heavy atom. The van der Waals surface area contributed by atoms with E-state index in [-0.39, 0.29) is 22.1 Å². The summed E-state index contributed by atoms with van der Waals surface area (Å²) in [5, 5.41) is 9.22. The highest BCUT2D eigenvalue weighted by molar-refractivity contribution is 5.94. The Morgan fingerprint density at radius 3 is 2.21 bits per heavy atom. The summed E-state index contributed by atoms with van der Waals surface area (Å²) < 4.78 is 5.25. The van der Waals surface area contributed by atoms with E-state index in [1.807, 2.05) is 6.92 Å². The Hall–Kier alpha value is -2.88. The van der Waals surface area contributed by atoms with Gasteiger partial charge < -0.3 is 9.84 Å². The van der Waals surface area contributed by atoms with Gasteiger partial charge in [-0.15, -0.1) is 0 Å². The fourth-order valence-corrected chi connectivity index (χ4v) is 3.95. The minimum atomic E-state index is -1.13. The number of ether oxygens (including phenoxy) is 1. The summed E-state index contributed by atoms with van der Waals surface area (Å²) >= 11 is 0. The Kier molecular flexibility index (Phi) is 5.40. The third kappa shape index (κ3) is 4.26. The van der Waals surface area contributed by atoms with Crippen LogP contribution in [0.25, 0.3) is 6.08 Å². The van der Waals surface area contributed by atoms with E-state index >= 15 is 0 Å². The second-order valence-electron chi connectivity index (χ2n) is 9.08. The van der Waals surface area contributed by atoms with Crippen LogP contribution in [0.4, 0.5) is 0 Å². The van der Waals surface area contributed by atoms with Crippen molar-refractivity contribution < 1.29 is 19.4 Å². The molecule has 0 amide bonds. The number of esters is 1. The second-order valence-corrected chi connectivity index (χ2v) is 9.08. The van der Waals surface area contributed by atoms with Gasteiger partial charge in [-0.1, -0.05) is 52.0 Å². The Morgan fingerprint density at radius 2 is 1.59 bits per heavy atom. The lowest BCUT2D eigenvalue weighted by Gasteiger charge is -2.42. The average molecular weight is 392 g/mol. The summed E-state index contributed by atoms with van der Waals surface area (Å²) in [6, 6.07) is 10.5. The number of aromatic carboxylic acids is 1. The van der Waals surface area contributed by atoms with E-state index in [0.29, 0.717) is 0 Å². The van der Waals surface area contributed by atoms with Gasteiger partial charge in [-0.25, -0.2) is 9.59 Å². The monoisotopic (exact) mass is 392 g/mol. The molecule has 1 aliphatic carbocycles. The summed E-state index contributed by atoms with van der Waals surface area (Å²) in [5.41, 5.74) is 4.95. The molecule has 2 aromatic rings. The number of para-hydroxylation sites is 1. The van der Waals surface area contributed by atoms with Crippen molar-refractivity contribution >= 4 is 18.0 Å². The van der Waals surface area contributed by atoms with Crippen molar-refractivity contribution in [2.45, 2.75) is 58.3 Å². The van der Waals surface area contributed by atoms with Gasteiger partial charge in [0.25, 0.3) is 0 Å². The number of aryl methyl sites for hydroxylation is 1. The molecular formula is C25H28O4. The molecule has 0 radical (unpaired) electrons. The van der Waals surface area contributed by atoms with Crippen molar-refractivity contribution in [1.29, 1.82) is 0 Å². The van der Waals surface area contributed by atoms with E-state index in [0.717, 1.165) is 24.0 Å². The van der Waals surface area contributed by atoms with Gasteiger partial charge in [0.15, 0.2) is 0 Å². The highest BCUT2D eigenvalue weighted by atomic mass is 16.5. The molecule has 4 heteroatoms. The molecular weight excluding hydrogens is 364 g/mol. The van der Waals surface area contributed by atoms with Gasteiger partial charge in [0, 0.05) is 6.08 Å². The summed E-state index contributed by atoms with van der Waals surface area (Å²) in [6.07, 6.45) is 5.37. The molecule has 0 aromatic heterocycles. The molecule has 4 nitrogen and oxygen atoms in total. The first-order chi connectivity index (χ1) is 13.5. The van der Waals surface area contributed by atoms with Crippen LogP contribution in [0.2, 0.25) is 0 Å². The van der Waals surface area contributed by atoms with Gasteiger partial charge in [-0.3, -0.25) is 0 Å². The van der Waals surface area contributed by atoms with Crippen LogP contribution in [-0.2, 0) is 15.6 Å². The molecule has 0 fully saturated rings. The second kappa shape index (κ2) is 7.51. The van der Waals surface area contributed by atoms with E-state index in [9.17, 15) is 14.7 Å². The number of carboxylic acids is 1. The van der Waals surface area contributed by atoms with E-state index in [4.69, 9.17) is 4.74 Å². The van der Waals surface area contributed by atoms with Crippen molar-refractivity contribution in [3.63, 3.8) is 0 Å². The molecule has 0 spiro atoms. The van der Waals surface area contributed by atoms with Gasteiger partial charge in [-0.2, -0.15) is 0 Å². The molecule has 0 saturated heterocycles. The van der Waals surface area contributed by atoms with Crippen LogP contribution in [0.15, 0.2) is 42.5 Å². The minimum absolute atomic E-state index is 0.0387. The van der Waals surface area contributed by atoms with Crippen molar-refractivity contribution in [3.8, 4) is 5.75 Å². The molecule has 0 bridgehead atoms. The standard InChI is InChI=1S/C25H28O4/c1-16-14-19-20(25(4,5)13-12-24(19,2)3)15-17(16)10-11-22(26)29-21-9-7-6-8-18(21)23(27)28/h6-11,14-15H,12-13H2,1-5H3,(H,27,28). The third-order valence-electron chi connectivity index (χ3n) is 5.97. The first-order valence-electron chi connectivity index (χ1n) is 9.89. The zero-order valence-corrected chi connectivity index (χ0v) is 17.7. The SMILES string of the molecule is Cc1cc2c(cc1C=CC(=O)Oc1ccccc1C(=O)O)C(C)(C)CCC2(C)C. The zero-order chi connectivity index (χ0) is 21.4. The molecule has 0 saturated carbocycles. The normalized spacial score (nSPS) is 17.0. The van der Waals surface area contributed by atoms with Crippen molar-refractivity contribution in [2.24, 2.45) is 0 Å². The van der Waals surface area contributed by atoms with Crippen LogP contribution >= 0.6 is 0 Å². The molecule has 0 atom stereocenters. The Balaban J connectivity index is 1.88. The summed E-state index contributed by atoms with van der Waals surface area (Å²) in [6.45, 7) is 11.1. The van der Waals surface area contributed by atoms with E-state index in [1.165, 1.54) is 29.3 Å². The van der Waals surface area contributed by atoms with Crippen molar-refractivity contribution in [3.05, 3.63) is 70.3 Å². The van der Waals surface area contributed by atoms with Crippen molar-refractivity contribution in [2.75, 3.05) is 0 Å². The lowest BCUT2D eigenvalue weighted by molar-refractivity contribution is -0.128. The topological polar surface area (TPSA) is 63.6 Å². The summed E-state index contributed by atoms with van der Waals surface area (Å²) in [5.74, 6) is -1.69. The first-order valence-corrected chi connectivity index (χ1v) is 9.89. The van der Waals surface area contributed by atoms with E-state index in [1.54, 1.807) is 18.2 Å². The van der Waals surface area contributed by atoms with Crippen LogP contribution < -0.4 is 4.74 Å². The van der Waals surface area contributed by atoms with Crippen LogP contribution in [0.3, 0.4) is 0 Å². The highest BCUT2D eigenvalue weighted by Crippen LogP contribution is 2.46. The number of hydrogen-bond acceptors (Lipinski definition) is 3. The predicted octanol–water partition coefficient (Wildman–Crippen LogP) is 5.66. The number of carbonyl (C=O) groups excluding carboxylic acids is 1. The molecule has 1 aliphatic rings. The van der Waals surface area contributed by atoms with Crippen LogP contribution in [0.5, 0.6) is 5.75 Å². The summed E-state index contributed by atoms with van der Waals surface area (Å²) in [4.78, 5) is 23.6. The van der Waals surface area contributed by atoms with Gasteiger partial charge in [0.1, 0.15) is 11.3 Å². The maximum atomic E-state index is 12.3. The Bertz CT molecular complexity index is 996. The van der Waals surface area contributed by atoms with E-state index < -0.39 is 11.9 Å². The predicted molar refractivity (Wildman–Crippen MR) is 115 cm³/mol. The lowest BCUT2D eigenvalue weighted by Crippen LogP contribution is -2.34. The molecule has 29 heavy (non-hydrogen) atoms. The minimum Gasteiger partial charge on any atom is -0.478 e. The molecule has 2 aromatic carbocycles. The van der Waals surface area contributed by atoms with Crippen molar-refractivity contribution in [1.82, 2.24) is 0 Å². The molecule has 0 unspecified atom stereocenters. The summed E-state index contributed by atoms with van der Waals surface area (Å²) in [7, 11) is 0. The van der Waals surface area contributed by atoms with Gasteiger partial charge in [0.05, 0.1) is 0 Å². The maximum Gasteiger partial charge on any atom is 0.339 e. The zero-order valence-electron chi connectivity index (χ0n) is 17.7. The van der Waals surface area contributed by atoms with Crippen LogP contribution in [0, 0.1) is 6.92 Å². The fourth-order valence-electron chi connectivity index (χ4n) is 3.95. The molecule has 0 heterocycles. The number of fused-ring (bicyclic) bond motifs is 1. The number of carbonyl (C=O) groups is 2. The number of benzene rings is 2. The molecule has 152 valence electrons. The molecule has 3 rings (SSSR count). The maximum absolute atomic E-state index is 12.3. The van der Waals surface area contributed by atoms with Gasteiger partial charge in [-0.05, 0) is 71.1 Å². The lowest BCUT2D eigenvalue weighted by atomic mass is 9.62. The first kappa shape index (κ1) is 20.8. The molecule has 1 N–H and O–H groups in total. The highest BCUT2D eigenvalue weighted by Gasteiger charge is 2.37. The largest absolute Gasteiger partial charge is 0.478 e. The van der Waals surface area contributed by atoms with E-state index in [2.05, 4.69) is 39.8 Å². The van der Waals surface area contributed by atoms with Gasteiger partial charge >= 0.3 is 11.9 Å². The number of hydrogen-bond donors (Lipinski definition) is 1. The average Bonchev–Trinajstić information content (AvgIpc) is 2.64. The number of rotatable bonds is 4. The van der Waals surface area contributed by atoms with Gasteiger partial charge in [0.2, 0.25) is 0 Å². The third-order valence-corrected chi connectivity index (χ3v) is 5.97. The van der Waals surface area contributed by atoms with Crippen LogP contribution in [0.1, 0.15) is 73.1 Å². The Labute approximate surface area is 172 Å². The molecule has 0 aliphatic heterocycles. The quantitative estimate of drug-likeness (QED) is 0.414. The smallest absolute Gasteiger partial charge is 0.339 e. The van der Waals surface area contributed by atoms with Crippen LogP contribution in [-0.4, -0.2) is 17.0 Å². The fraction of sp³-hybridized carbons (Fsp3) is 0.360. The number of carboxylic acid groups (broad SMARTS) is 1.